The van der Waals surface area contributed by atoms with Gasteiger partial charge in [-0.1, -0.05) is 18.2 Å². The highest BCUT2D eigenvalue weighted by Gasteiger charge is 2.26. The maximum atomic E-state index is 13.3. The molecule has 7 nitrogen and oxygen atoms in total. The molecule has 3 aromatic rings. The van der Waals surface area contributed by atoms with Gasteiger partial charge in [0.2, 0.25) is 0 Å². The van der Waals surface area contributed by atoms with E-state index in [-0.39, 0.29) is 5.69 Å². The normalized spacial score (nSPS) is 17.9. The Bertz CT molecular complexity index is 992. The molecule has 0 atom stereocenters. The van der Waals surface area contributed by atoms with Gasteiger partial charge in [-0.2, -0.15) is 5.10 Å². The van der Waals surface area contributed by atoms with Crippen molar-refractivity contribution >= 4 is 0 Å². The number of benzene rings is 1. The highest BCUT2D eigenvalue weighted by atomic mass is 16.2. The van der Waals surface area contributed by atoms with Crippen LogP contribution in [0.15, 0.2) is 47.7 Å². The summed E-state index contributed by atoms with van der Waals surface area (Å²) >= 11 is 0. The van der Waals surface area contributed by atoms with Crippen LogP contribution >= 0.6 is 0 Å². The van der Waals surface area contributed by atoms with E-state index < -0.39 is 0 Å². The Hall–Kier alpha value is -2.67. The molecule has 0 amide bonds. The Balaban J connectivity index is 1.50. The van der Waals surface area contributed by atoms with Crippen molar-refractivity contribution in [3.05, 3.63) is 64.9 Å². The average molecular weight is 378 g/mol. The van der Waals surface area contributed by atoms with E-state index in [9.17, 15) is 4.79 Å². The van der Waals surface area contributed by atoms with E-state index in [2.05, 4.69) is 14.9 Å². The van der Waals surface area contributed by atoms with E-state index in [0.29, 0.717) is 18.5 Å². The molecule has 0 bridgehead atoms. The van der Waals surface area contributed by atoms with Crippen LogP contribution in [0.3, 0.4) is 0 Å². The van der Waals surface area contributed by atoms with Crippen molar-refractivity contribution in [1.82, 2.24) is 29.2 Å². The predicted molar refractivity (Wildman–Crippen MR) is 107 cm³/mol. The summed E-state index contributed by atoms with van der Waals surface area (Å²) in [5.74, 6) is 1.43. The lowest BCUT2D eigenvalue weighted by molar-refractivity contribution is 0.365. The lowest BCUT2D eigenvalue weighted by Crippen LogP contribution is -2.29. The van der Waals surface area contributed by atoms with E-state index in [4.69, 9.17) is 5.10 Å². The van der Waals surface area contributed by atoms with Crippen LogP contribution in [0, 0.1) is 5.92 Å². The van der Waals surface area contributed by atoms with Crippen LogP contribution in [-0.2, 0) is 13.0 Å². The molecule has 2 aliphatic rings. The third-order valence-corrected chi connectivity index (χ3v) is 5.85. The van der Waals surface area contributed by atoms with Gasteiger partial charge in [0.25, 0.3) is 0 Å². The zero-order valence-corrected chi connectivity index (χ0v) is 16.0. The van der Waals surface area contributed by atoms with Gasteiger partial charge in [0.15, 0.2) is 0 Å². The first-order chi connectivity index (χ1) is 13.8. The molecule has 5 rings (SSSR count). The fourth-order valence-electron chi connectivity index (χ4n) is 4.16. The first-order valence-corrected chi connectivity index (χ1v) is 10.2. The van der Waals surface area contributed by atoms with Crippen molar-refractivity contribution < 1.29 is 0 Å². The summed E-state index contributed by atoms with van der Waals surface area (Å²) in [5, 5.41) is 8.19. The van der Waals surface area contributed by atoms with Gasteiger partial charge in [-0.05, 0) is 56.8 Å². The predicted octanol–water partition coefficient (Wildman–Crippen LogP) is 2.16. The zero-order chi connectivity index (χ0) is 18.9. The monoisotopic (exact) mass is 378 g/mol. The quantitative estimate of drug-likeness (QED) is 0.714. The van der Waals surface area contributed by atoms with E-state index in [0.717, 1.165) is 49.6 Å². The van der Waals surface area contributed by atoms with Crippen LogP contribution < -0.4 is 11.0 Å². The second-order valence-electron chi connectivity index (χ2n) is 7.95. The number of imidazole rings is 1. The van der Waals surface area contributed by atoms with Crippen LogP contribution in [0.4, 0.5) is 0 Å². The van der Waals surface area contributed by atoms with Gasteiger partial charge in [0, 0.05) is 12.5 Å². The molecule has 28 heavy (non-hydrogen) atoms. The zero-order valence-electron chi connectivity index (χ0n) is 16.0. The SMILES string of the molecule is O=c1n(Cc2cncn2C2CC2)nc(CC2CCNCC2)n1-c1ccccc1. The van der Waals surface area contributed by atoms with Crippen LogP contribution in [-0.4, -0.2) is 37.0 Å². The summed E-state index contributed by atoms with van der Waals surface area (Å²) in [6.45, 7) is 2.55. The highest BCUT2D eigenvalue weighted by Crippen LogP contribution is 2.35. The van der Waals surface area contributed by atoms with Crippen molar-refractivity contribution in [3.8, 4) is 5.69 Å². The number of piperidine rings is 1. The van der Waals surface area contributed by atoms with Crippen molar-refractivity contribution in [2.45, 2.75) is 44.7 Å². The van der Waals surface area contributed by atoms with Gasteiger partial charge < -0.3 is 9.88 Å². The first kappa shape index (κ1) is 17.4. The topological polar surface area (TPSA) is 69.7 Å². The van der Waals surface area contributed by atoms with E-state index in [1.165, 1.54) is 12.8 Å². The molecule has 0 unspecified atom stereocenters. The number of hydrogen-bond acceptors (Lipinski definition) is 4. The number of aromatic nitrogens is 5. The summed E-state index contributed by atoms with van der Waals surface area (Å²) in [5.41, 5.74) is 1.87. The summed E-state index contributed by atoms with van der Waals surface area (Å²) in [6.07, 6.45) is 9.21. The Morgan fingerprint density at radius 2 is 1.86 bits per heavy atom. The summed E-state index contributed by atoms with van der Waals surface area (Å²) in [4.78, 5) is 17.6. The van der Waals surface area contributed by atoms with Crippen molar-refractivity contribution in [3.63, 3.8) is 0 Å². The van der Waals surface area contributed by atoms with Crippen LogP contribution in [0.2, 0.25) is 0 Å². The molecule has 7 heteroatoms. The highest BCUT2D eigenvalue weighted by molar-refractivity contribution is 5.32. The van der Waals surface area contributed by atoms with Crippen molar-refractivity contribution in [2.75, 3.05) is 13.1 Å². The van der Waals surface area contributed by atoms with Gasteiger partial charge in [0.1, 0.15) is 5.82 Å². The lowest BCUT2D eigenvalue weighted by atomic mass is 9.94. The number of hydrogen-bond donors (Lipinski definition) is 1. The van der Waals surface area contributed by atoms with Crippen molar-refractivity contribution in [2.24, 2.45) is 5.92 Å². The molecular formula is C21H26N6O. The number of rotatable bonds is 6. The second-order valence-corrected chi connectivity index (χ2v) is 7.95. The van der Waals surface area contributed by atoms with Gasteiger partial charge in [-0.25, -0.2) is 19.0 Å². The Labute approximate surface area is 164 Å². The molecule has 2 aromatic heterocycles. The molecule has 0 spiro atoms. The average Bonchev–Trinajstić information content (AvgIpc) is 3.39. The molecule has 1 aromatic carbocycles. The van der Waals surface area contributed by atoms with E-state index in [1.54, 1.807) is 9.25 Å². The van der Waals surface area contributed by atoms with E-state index in [1.807, 2.05) is 42.9 Å². The van der Waals surface area contributed by atoms with Crippen LogP contribution in [0.1, 0.15) is 43.2 Å². The van der Waals surface area contributed by atoms with Gasteiger partial charge in [-0.15, -0.1) is 0 Å². The molecule has 0 radical (unpaired) electrons. The maximum absolute atomic E-state index is 13.3. The molecule has 1 saturated heterocycles. The smallest absolute Gasteiger partial charge is 0.330 e. The Kier molecular flexibility index (Phi) is 4.60. The molecule has 146 valence electrons. The molecular weight excluding hydrogens is 352 g/mol. The molecule has 1 N–H and O–H groups in total. The van der Waals surface area contributed by atoms with Gasteiger partial charge in [0.05, 0.1) is 30.5 Å². The van der Waals surface area contributed by atoms with Gasteiger partial charge in [-0.3, -0.25) is 0 Å². The molecule has 1 aliphatic carbocycles. The lowest BCUT2D eigenvalue weighted by Gasteiger charge is -2.22. The summed E-state index contributed by atoms with van der Waals surface area (Å²) in [6, 6.07) is 10.4. The third-order valence-electron chi connectivity index (χ3n) is 5.85. The van der Waals surface area contributed by atoms with Crippen molar-refractivity contribution in [1.29, 1.82) is 0 Å². The fraction of sp³-hybridized carbons (Fsp3) is 0.476. The molecule has 1 saturated carbocycles. The summed E-state index contributed by atoms with van der Waals surface area (Å²) in [7, 11) is 0. The number of nitrogens with one attached hydrogen (secondary N) is 1. The van der Waals surface area contributed by atoms with Crippen LogP contribution in [0.25, 0.3) is 5.69 Å². The fourth-order valence-corrected chi connectivity index (χ4v) is 4.16. The number of para-hydroxylation sites is 1. The Morgan fingerprint density at radius 1 is 1.07 bits per heavy atom. The second kappa shape index (κ2) is 7.39. The largest absolute Gasteiger partial charge is 0.350 e. The first-order valence-electron chi connectivity index (χ1n) is 10.2. The standard InChI is InChI=1S/C21H26N6O/c28-21-26(14-19-13-23-15-25(19)17-6-7-17)24-20(12-16-8-10-22-11-9-16)27(21)18-4-2-1-3-5-18/h1-5,13,15-17,22H,6-12,14H2. The van der Waals surface area contributed by atoms with Gasteiger partial charge >= 0.3 is 5.69 Å². The van der Waals surface area contributed by atoms with E-state index >= 15 is 0 Å². The molecule has 1 aliphatic heterocycles. The minimum absolute atomic E-state index is 0.0707. The van der Waals surface area contributed by atoms with Crippen LogP contribution in [0.5, 0.6) is 0 Å². The minimum atomic E-state index is -0.0707. The number of nitrogens with zero attached hydrogens (tertiary/aromatic N) is 5. The minimum Gasteiger partial charge on any atom is -0.330 e. The maximum Gasteiger partial charge on any atom is 0.350 e. The summed E-state index contributed by atoms with van der Waals surface area (Å²) < 4.78 is 5.60. The molecule has 2 fully saturated rings. The third kappa shape index (κ3) is 3.42. The molecule has 3 heterocycles. The Morgan fingerprint density at radius 3 is 2.61 bits per heavy atom.